The third kappa shape index (κ3) is 3.28. The van der Waals surface area contributed by atoms with Gasteiger partial charge in [0, 0.05) is 5.57 Å². The van der Waals surface area contributed by atoms with Crippen LogP contribution in [0, 0.1) is 0 Å². The predicted molar refractivity (Wildman–Crippen MR) is 40.7 cm³/mol. The molecule has 0 spiro atoms. The molecule has 0 saturated heterocycles. The van der Waals surface area contributed by atoms with Crippen molar-refractivity contribution < 1.29 is 9.53 Å². The minimum absolute atomic E-state index is 0.204. The van der Waals surface area contributed by atoms with E-state index in [1.807, 2.05) is 13.8 Å². The molecule has 2 heteroatoms. The SMILES string of the molecule is C/C=C(\C)C(=O)OCCC. The van der Waals surface area contributed by atoms with Crippen molar-refractivity contribution in [2.75, 3.05) is 6.61 Å². The van der Waals surface area contributed by atoms with Gasteiger partial charge in [-0.15, -0.1) is 0 Å². The van der Waals surface area contributed by atoms with Gasteiger partial charge in [-0.25, -0.2) is 4.79 Å². The molecule has 0 aliphatic heterocycles. The number of ether oxygens (including phenoxy) is 1. The molecule has 2 nitrogen and oxygen atoms in total. The zero-order valence-electron chi connectivity index (χ0n) is 6.81. The first-order valence-corrected chi connectivity index (χ1v) is 3.52. The second-order valence-electron chi connectivity index (χ2n) is 2.11. The highest BCUT2D eigenvalue weighted by atomic mass is 16.5. The molecule has 0 N–H and O–H groups in total. The highest BCUT2D eigenvalue weighted by Crippen LogP contribution is 1.95. The van der Waals surface area contributed by atoms with E-state index in [1.54, 1.807) is 13.0 Å². The van der Waals surface area contributed by atoms with Gasteiger partial charge in [-0.05, 0) is 20.3 Å². The molecule has 0 aromatic rings. The van der Waals surface area contributed by atoms with Crippen LogP contribution in [0.15, 0.2) is 11.6 Å². The Morgan fingerprint density at radius 2 is 2.20 bits per heavy atom. The van der Waals surface area contributed by atoms with Crippen molar-refractivity contribution >= 4 is 5.97 Å². The van der Waals surface area contributed by atoms with Crippen LogP contribution in [-0.2, 0) is 9.53 Å². The third-order valence-corrected chi connectivity index (χ3v) is 1.19. The van der Waals surface area contributed by atoms with E-state index in [2.05, 4.69) is 0 Å². The molecule has 10 heavy (non-hydrogen) atoms. The van der Waals surface area contributed by atoms with E-state index in [1.165, 1.54) is 0 Å². The molecule has 0 unspecified atom stereocenters. The fraction of sp³-hybridized carbons (Fsp3) is 0.625. The van der Waals surface area contributed by atoms with Crippen LogP contribution in [-0.4, -0.2) is 12.6 Å². The average Bonchev–Trinajstić information content (AvgIpc) is 1.98. The summed E-state index contributed by atoms with van der Waals surface area (Å²) >= 11 is 0. The van der Waals surface area contributed by atoms with Crippen molar-refractivity contribution in [3.8, 4) is 0 Å². The summed E-state index contributed by atoms with van der Waals surface area (Å²) in [5, 5.41) is 0. The fourth-order valence-corrected chi connectivity index (χ4v) is 0.426. The van der Waals surface area contributed by atoms with Crippen LogP contribution in [0.5, 0.6) is 0 Å². The summed E-state index contributed by atoms with van der Waals surface area (Å²) in [6.07, 6.45) is 2.63. The lowest BCUT2D eigenvalue weighted by atomic mass is 10.3. The summed E-state index contributed by atoms with van der Waals surface area (Å²) in [5.41, 5.74) is 0.674. The molecule has 0 amide bonds. The zero-order valence-corrected chi connectivity index (χ0v) is 6.81. The largest absolute Gasteiger partial charge is 0.462 e. The first kappa shape index (κ1) is 9.21. The molecule has 0 atom stereocenters. The molecule has 0 rings (SSSR count). The van der Waals surface area contributed by atoms with Crippen LogP contribution in [0.3, 0.4) is 0 Å². The number of rotatable bonds is 3. The van der Waals surface area contributed by atoms with Gasteiger partial charge in [0.1, 0.15) is 0 Å². The second kappa shape index (κ2) is 5.03. The third-order valence-electron chi connectivity index (χ3n) is 1.19. The molecule has 0 saturated carbocycles. The van der Waals surface area contributed by atoms with Gasteiger partial charge in [-0.2, -0.15) is 0 Å². The van der Waals surface area contributed by atoms with Gasteiger partial charge in [-0.1, -0.05) is 13.0 Å². The lowest BCUT2D eigenvalue weighted by Crippen LogP contribution is -2.05. The molecule has 0 radical (unpaired) electrons. The van der Waals surface area contributed by atoms with Crippen molar-refractivity contribution in [2.45, 2.75) is 27.2 Å². The molecule has 0 heterocycles. The first-order chi connectivity index (χ1) is 4.72. The van der Waals surface area contributed by atoms with Gasteiger partial charge in [-0.3, -0.25) is 0 Å². The Balaban J connectivity index is 3.63. The lowest BCUT2D eigenvalue weighted by Gasteiger charge is -2.00. The van der Waals surface area contributed by atoms with Crippen LogP contribution >= 0.6 is 0 Å². The summed E-state index contributed by atoms with van der Waals surface area (Å²) in [6.45, 7) is 6.06. The Kier molecular flexibility index (Phi) is 4.63. The van der Waals surface area contributed by atoms with Crippen molar-refractivity contribution in [3.63, 3.8) is 0 Å². The summed E-state index contributed by atoms with van der Waals surface area (Å²) in [7, 11) is 0. The monoisotopic (exact) mass is 142 g/mol. The van der Waals surface area contributed by atoms with Crippen LogP contribution in [0.2, 0.25) is 0 Å². The van der Waals surface area contributed by atoms with E-state index < -0.39 is 0 Å². The van der Waals surface area contributed by atoms with E-state index in [-0.39, 0.29) is 5.97 Å². The molecule has 0 bridgehead atoms. The Morgan fingerprint density at radius 3 is 2.60 bits per heavy atom. The molecule has 58 valence electrons. The van der Waals surface area contributed by atoms with Crippen LogP contribution < -0.4 is 0 Å². The lowest BCUT2D eigenvalue weighted by molar-refractivity contribution is -0.138. The maximum absolute atomic E-state index is 10.8. The highest BCUT2D eigenvalue weighted by Gasteiger charge is 2.01. The molecular weight excluding hydrogens is 128 g/mol. The van der Waals surface area contributed by atoms with Crippen molar-refractivity contribution in [3.05, 3.63) is 11.6 Å². The summed E-state index contributed by atoms with van der Waals surface area (Å²) in [4.78, 5) is 10.8. The van der Waals surface area contributed by atoms with E-state index in [0.717, 1.165) is 6.42 Å². The molecule has 0 aliphatic carbocycles. The van der Waals surface area contributed by atoms with Gasteiger partial charge >= 0.3 is 5.97 Å². The molecule has 0 fully saturated rings. The number of carbonyl (C=O) groups excluding carboxylic acids is 1. The summed E-state index contributed by atoms with van der Waals surface area (Å²) in [5.74, 6) is -0.204. The van der Waals surface area contributed by atoms with Crippen molar-refractivity contribution in [2.24, 2.45) is 0 Å². The van der Waals surface area contributed by atoms with Crippen LogP contribution in [0.25, 0.3) is 0 Å². The molecule has 0 aromatic heterocycles. The number of allylic oxidation sites excluding steroid dienone is 1. The number of hydrogen-bond donors (Lipinski definition) is 0. The summed E-state index contributed by atoms with van der Waals surface area (Å²) in [6, 6.07) is 0. The maximum atomic E-state index is 10.8. The van der Waals surface area contributed by atoms with Gasteiger partial charge in [0.05, 0.1) is 6.61 Å². The van der Waals surface area contributed by atoms with Crippen molar-refractivity contribution in [1.82, 2.24) is 0 Å². The van der Waals surface area contributed by atoms with E-state index in [0.29, 0.717) is 12.2 Å². The quantitative estimate of drug-likeness (QED) is 0.444. The average molecular weight is 142 g/mol. The molecular formula is C8H14O2. The number of carbonyl (C=O) groups is 1. The fourth-order valence-electron chi connectivity index (χ4n) is 0.426. The zero-order chi connectivity index (χ0) is 7.98. The predicted octanol–water partition coefficient (Wildman–Crippen LogP) is 1.91. The van der Waals surface area contributed by atoms with Crippen LogP contribution in [0.4, 0.5) is 0 Å². The minimum atomic E-state index is -0.204. The maximum Gasteiger partial charge on any atom is 0.333 e. The van der Waals surface area contributed by atoms with E-state index in [4.69, 9.17) is 4.74 Å². The van der Waals surface area contributed by atoms with E-state index >= 15 is 0 Å². The van der Waals surface area contributed by atoms with Gasteiger partial charge in [0.25, 0.3) is 0 Å². The Morgan fingerprint density at radius 1 is 1.60 bits per heavy atom. The molecule has 0 aliphatic rings. The smallest absolute Gasteiger partial charge is 0.333 e. The Labute approximate surface area is 61.9 Å². The highest BCUT2D eigenvalue weighted by molar-refractivity contribution is 5.87. The number of esters is 1. The topological polar surface area (TPSA) is 26.3 Å². The number of hydrogen-bond acceptors (Lipinski definition) is 2. The van der Waals surface area contributed by atoms with Gasteiger partial charge in [0.15, 0.2) is 0 Å². The first-order valence-electron chi connectivity index (χ1n) is 3.52. The van der Waals surface area contributed by atoms with Gasteiger partial charge in [0.2, 0.25) is 0 Å². The van der Waals surface area contributed by atoms with Crippen molar-refractivity contribution in [1.29, 1.82) is 0 Å². The Bertz CT molecular complexity index is 136. The Hall–Kier alpha value is -0.790. The van der Waals surface area contributed by atoms with E-state index in [9.17, 15) is 4.79 Å². The normalized spacial score (nSPS) is 11.3. The molecule has 0 aromatic carbocycles. The van der Waals surface area contributed by atoms with Crippen LogP contribution in [0.1, 0.15) is 27.2 Å². The van der Waals surface area contributed by atoms with Gasteiger partial charge < -0.3 is 4.74 Å². The second-order valence-corrected chi connectivity index (χ2v) is 2.11. The minimum Gasteiger partial charge on any atom is -0.462 e. The standard InChI is InChI=1S/C8H14O2/c1-4-6-10-8(9)7(3)5-2/h5H,4,6H2,1-3H3/b7-5+. The summed E-state index contributed by atoms with van der Waals surface area (Å²) < 4.78 is 4.84.